The fraction of sp³-hybridized carbons (Fsp3) is 0.429. The summed E-state index contributed by atoms with van der Waals surface area (Å²) in [5.41, 5.74) is 1.36. The molecule has 0 spiro atoms. The van der Waals surface area contributed by atoms with Gasteiger partial charge in [-0.2, -0.15) is 0 Å². The Bertz CT molecular complexity index is 606. The molecule has 3 heteroatoms. The molecule has 1 heterocycles. The van der Waals surface area contributed by atoms with Gasteiger partial charge in [-0.05, 0) is 62.1 Å². The molecule has 1 saturated heterocycles. The van der Waals surface area contributed by atoms with E-state index in [-0.39, 0.29) is 0 Å². The van der Waals surface area contributed by atoms with Crippen LogP contribution in [-0.2, 0) is 6.42 Å². The molecule has 0 atom stereocenters. The SMILES string of the molecule is COc1cccc(CCCN2CCC(Oc3ccccc3)CC2)c1. The fourth-order valence-corrected chi connectivity index (χ4v) is 3.28. The molecule has 1 fully saturated rings. The van der Waals surface area contributed by atoms with E-state index in [1.54, 1.807) is 7.11 Å². The van der Waals surface area contributed by atoms with E-state index in [9.17, 15) is 0 Å². The lowest BCUT2D eigenvalue weighted by Gasteiger charge is -2.32. The van der Waals surface area contributed by atoms with Crippen LogP contribution in [-0.4, -0.2) is 37.7 Å². The van der Waals surface area contributed by atoms with Crippen LogP contribution in [0, 0.1) is 0 Å². The maximum absolute atomic E-state index is 6.06. The summed E-state index contributed by atoms with van der Waals surface area (Å²) >= 11 is 0. The van der Waals surface area contributed by atoms with E-state index < -0.39 is 0 Å². The lowest BCUT2D eigenvalue weighted by atomic mass is 10.1. The smallest absolute Gasteiger partial charge is 0.119 e. The minimum absolute atomic E-state index is 0.363. The number of piperidine rings is 1. The van der Waals surface area contributed by atoms with Gasteiger partial charge in [0.25, 0.3) is 0 Å². The van der Waals surface area contributed by atoms with Gasteiger partial charge in [0.15, 0.2) is 0 Å². The van der Waals surface area contributed by atoms with E-state index >= 15 is 0 Å². The van der Waals surface area contributed by atoms with Crippen LogP contribution in [0.4, 0.5) is 0 Å². The first kappa shape index (κ1) is 16.8. The number of nitrogens with zero attached hydrogens (tertiary/aromatic N) is 1. The minimum Gasteiger partial charge on any atom is -0.497 e. The van der Waals surface area contributed by atoms with Gasteiger partial charge >= 0.3 is 0 Å². The summed E-state index contributed by atoms with van der Waals surface area (Å²) in [5, 5.41) is 0. The summed E-state index contributed by atoms with van der Waals surface area (Å²) in [6.07, 6.45) is 4.90. The quantitative estimate of drug-likeness (QED) is 0.762. The van der Waals surface area contributed by atoms with Gasteiger partial charge in [0, 0.05) is 13.1 Å². The molecule has 1 aliphatic rings. The van der Waals surface area contributed by atoms with Crippen molar-refractivity contribution in [3.63, 3.8) is 0 Å². The second-order valence-corrected chi connectivity index (χ2v) is 6.43. The van der Waals surface area contributed by atoms with Crippen LogP contribution in [0.2, 0.25) is 0 Å². The Labute approximate surface area is 145 Å². The highest BCUT2D eigenvalue weighted by atomic mass is 16.5. The van der Waals surface area contributed by atoms with Crippen molar-refractivity contribution in [2.45, 2.75) is 31.8 Å². The molecule has 0 aliphatic carbocycles. The average Bonchev–Trinajstić information content (AvgIpc) is 2.64. The summed E-state index contributed by atoms with van der Waals surface area (Å²) < 4.78 is 11.3. The largest absolute Gasteiger partial charge is 0.497 e. The molecule has 128 valence electrons. The Kier molecular flexibility index (Phi) is 6.13. The molecule has 0 amide bonds. The number of hydrogen-bond acceptors (Lipinski definition) is 3. The van der Waals surface area contributed by atoms with Crippen LogP contribution in [0.25, 0.3) is 0 Å². The second-order valence-electron chi connectivity index (χ2n) is 6.43. The lowest BCUT2D eigenvalue weighted by Crippen LogP contribution is -2.38. The number of para-hydroxylation sites is 1. The van der Waals surface area contributed by atoms with Gasteiger partial charge in [-0.25, -0.2) is 0 Å². The van der Waals surface area contributed by atoms with E-state index in [2.05, 4.69) is 23.1 Å². The number of methoxy groups -OCH3 is 1. The van der Waals surface area contributed by atoms with Gasteiger partial charge in [0.2, 0.25) is 0 Å². The fourth-order valence-electron chi connectivity index (χ4n) is 3.28. The van der Waals surface area contributed by atoms with Crippen molar-refractivity contribution in [2.75, 3.05) is 26.7 Å². The Morgan fingerprint density at radius 1 is 0.958 bits per heavy atom. The second kappa shape index (κ2) is 8.74. The van der Waals surface area contributed by atoms with Crippen molar-refractivity contribution < 1.29 is 9.47 Å². The third-order valence-electron chi connectivity index (χ3n) is 4.65. The maximum atomic E-state index is 6.06. The van der Waals surface area contributed by atoms with E-state index in [0.29, 0.717) is 6.10 Å². The molecule has 3 nitrogen and oxygen atoms in total. The third kappa shape index (κ3) is 5.00. The summed E-state index contributed by atoms with van der Waals surface area (Å²) in [5.74, 6) is 1.94. The maximum Gasteiger partial charge on any atom is 0.119 e. The predicted octanol–water partition coefficient (Wildman–Crippen LogP) is 4.17. The van der Waals surface area contributed by atoms with Gasteiger partial charge < -0.3 is 14.4 Å². The zero-order chi connectivity index (χ0) is 16.6. The van der Waals surface area contributed by atoms with Gasteiger partial charge in [0.1, 0.15) is 17.6 Å². The number of likely N-dealkylation sites (tertiary alicyclic amines) is 1. The number of benzene rings is 2. The highest BCUT2D eigenvalue weighted by Crippen LogP contribution is 2.19. The molecule has 2 aromatic carbocycles. The monoisotopic (exact) mass is 325 g/mol. The van der Waals surface area contributed by atoms with Gasteiger partial charge in [-0.15, -0.1) is 0 Å². The van der Waals surface area contributed by atoms with Gasteiger partial charge in [-0.3, -0.25) is 0 Å². The number of aryl methyl sites for hydroxylation is 1. The van der Waals surface area contributed by atoms with Crippen LogP contribution >= 0.6 is 0 Å². The van der Waals surface area contributed by atoms with Crippen LogP contribution in [0.1, 0.15) is 24.8 Å². The zero-order valence-electron chi connectivity index (χ0n) is 14.5. The zero-order valence-corrected chi connectivity index (χ0v) is 14.5. The normalized spacial score (nSPS) is 16.0. The van der Waals surface area contributed by atoms with Gasteiger partial charge in [0.05, 0.1) is 7.11 Å². The van der Waals surface area contributed by atoms with Crippen molar-refractivity contribution in [1.29, 1.82) is 0 Å². The molecular weight excluding hydrogens is 298 g/mol. The summed E-state index contributed by atoms with van der Waals surface area (Å²) in [4.78, 5) is 2.56. The molecule has 3 rings (SSSR count). The third-order valence-corrected chi connectivity index (χ3v) is 4.65. The van der Waals surface area contributed by atoms with Crippen molar-refractivity contribution in [3.8, 4) is 11.5 Å². The van der Waals surface area contributed by atoms with Crippen molar-refractivity contribution in [1.82, 2.24) is 4.90 Å². The summed E-state index contributed by atoms with van der Waals surface area (Å²) in [6, 6.07) is 18.6. The first-order valence-corrected chi connectivity index (χ1v) is 8.90. The number of hydrogen-bond donors (Lipinski definition) is 0. The van der Waals surface area contributed by atoms with E-state index in [4.69, 9.17) is 9.47 Å². The van der Waals surface area contributed by atoms with E-state index in [1.165, 1.54) is 12.0 Å². The Morgan fingerprint density at radius 2 is 1.71 bits per heavy atom. The molecule has 0 aromatic heterocycles. The Hall–Kier alpha value is -2.00. The molecule has 0 saturated carbocycles. The molecule has 24 heavy (non-hydrogen) atoms. The number of rotatable bonds is 7. The molecule has 0 unspecified atom stereocenters. The molecule has 0 N–H and O–H groups in total. The van der Waals surface area contributed by atoms with E-state index in [0.717, 1.165) is 50.4 Å². The summed E-state index contributed by atoms with van der Waals surface area (Å²) in [6.45, 7) is 3.43. The van der Waals surface area contributed by atoms with Crippen LogP contribution in [0.5, 0.6) is 11.5 Å². The Balaban J connectivity index is 1.36. The topological polar surface area (TPSA) is 21.7 Å². The van der Waals surface area contributed by atoms with Crippen LogP contribution in [0.15, 0.2) is 54.6 Å². The molecule has 0 radical (unpaired) electrons. The first-order chi connectivity index (χ1) is 11.8. The number of ether oxygens (including phenoxy) is 2. The van der Waals surface area contributed by atoms with Crippen LogP contribution in [0.3, 0.4) is 0 Å². The van der Waals surface area contributed by atoms with E-state index in [1.807, 2.05) is 36.4 Å². The molecule has 0 bridgehead atoms. The Morgan fingerprint density at radius 3 is 2.46 bits per heavy atom. The average molecular weight is 325 g/mol. The van der Waals surface area contributed by atoms with Crippen molar-refractivity contribution in [3.05, 3.63) is 60.2 Å². The minimum atomic E-state index is 0.363. The van der Waals surface area contributed by atoms with Crippen molar-refractivity contribution >= 4 is 0 Å². The molecule has 1 aliphatic heterocycles. The van der Waals surface area contributed by atoms with Gasteiger partial charge in [-0.1, -0.05) is 30.3 Å². The molecular formula is C21H27NO2. The highest BCUT2D eigenvalue weighted by molar-refractivity contribution is 5.28. The highest BCUT2D eigenvalue weighted by Gasteiger charge is 2.20. The van der Waals surface area contributed by atoms with Crippen molar-refractivity contribution in [2.24, 2.45) is 0 Å². The first-order valence-electron chi connectivity index (χ1n) is 8.90. The molecule has 2 aromatic rings. The standard InChI is InChI=1S/C21H27NO2/c1-23-21-11-5-7-18(17-21)8-6-14-22-15-12-20(13-16-22)24-19-9-3-2-4-10-19/h2-5,7,9-11,17,20H,6,8,12-16H2,1H3. The lowest BCUT2D eigenvalue weighted by molar-refractivity contribution is 0.1000. The predicted molar refractivity (Wildman–Crippen MR) is 97.8 cm³/mol. The summed E-state index contributed by atoms with van der Waals surface area (Å²) in [7, 11) is 1.72. The van der Waals surface area contributed by atoms with Crippen LogP contribution < -0.4 is 9.47 Å².